The van der Waals surface area contributed by atoms with Crippen molar-refractivity contribution in [1.82, 2.24) is 5.32 Å². The molecule has 6 nitrogen and oxygen atoms in total. The summed E-state index contributed by atoms with van der Waals surface area (Å²) in [6.07, 6.45) is 2.41. The van der Waals surface area contributed by atoms with E-state index in [9.17, 15) is 17.6 Å². The molecule has 1 amide bonds. The first kappa shape index (κ1) is 22.7. The van der Waals surface area contributed by atoms with Gasteiger partial charge in [0.2, 0.25) is 15.9 Å². The summed E-state index contributed by atoms with van der Waals surface area (Å²) in [4.78, 5) is 12.5. The van der Waals surface area contributed by atoms with Gasteiger partial charge in [-0.1, -0.05) is 12.1 Å². The summed E-state index contributed by atoms with van der Waals surface area (Å²) in [5.41, 5.74) is 1.37. The predicted molar refractivity (Wildman–Crippen MR) is 112 cm³/mol. The van der Waals surface area contributed by atoms with Gasteiger partial charge in [-0.25, -0.2) is 12.8 Å². The molecule has 0 aromatic heterocycles. The highest BCUT2D eigenvalue weighted by molar-refractivity contribution is 7.92. The normalized spacial score (nSPS) is 12.3. The van der Waals surface area contributed by atoms with Crippen LogP contribution in [-0.2, 0) is 21.2 Å². The number of carbonyl (C=O) groups excluding carboxylic acids is 1. The van der Waals surface area contributed by atoms with Crippen LogP contribution in [0.3, 0.4) is 0 Å². The van der Waals surface area contributed by atoms with Crippen molar-refractivity contribution >= 4 is 21.6 Å². The monoisotopic (exact) mass is 422 g/mol. The fourth-order valence-electron chi connectivity index (χ4n) is 2.97. The summed E-state index contributed by atoms with van der Waals surface area (Å²) in [7, 11) is -3.67. The van der Waals surface area contributed by atoms with Crippen LogP contribution in [0.5, 0.6) is 5.75 Å². The topological polar surface area (TPSA) is 75.7 Å². The zero-order valence-electron chi connectivity index (χ0n) is 16.9. The second-order valence-electron chi connectivity index (χ2n) is 6.68. The fourth-order valence-corrected chi connectivity index (χ4v) is 4.14. The third-order valence-corrected chi connectivity index (χ3v) is 5.59. The zero-order chi connectivity index (χ0) is 21.4. The van der Waals surface area contributed by atoms with E-state index in [0.29, 0.717) is 37.4 Å². The Morgan fingerprint density at radius 2 is 1.76 bits per heavy atom. The second kappa shape index (κ2) is 10.2. The van der Waals surface area contributed by atoms with Crippen LogP contribution in [0.4, 0.5) is 10.1 Å². The summed E-state index contributed by atoms with van der Waals surface area (Å²) in [6.45, 7) is 4.30. The Labute approximate surface area is 171 Å². The number of carbonyl (C=O) groups is 1. The third-order valence-electron chi connectivity index (χ3n) is 4.35. The number of amides is 1. The van der Waals surface area contributed by atoms with E-state index in [1.165, 1.54) is 12.1 Å². The Morgan fingerprint density at radius 3 is 2.31 bits per heavy atom. The lowest BCUT2D eigenvalue weighted by Crippen LogP contribution is -2.48. The first-order valence-electron chi connectivity index (χ1n) is 9.46. The summed E-state index contributed by atoms with van der Waals surface area (Å²) < 4.78 is 44.0. The number of ether oxygens (including phenoxy) is 1. The maximum atomic E-state index is 12.9. The Hall–Kier alpha value is -2.61. The minimum absolute atomic E-state index is 0.286. The molecule has 2 rings (SSSR count). The molecule has 0 radical (unpaired) electrons. The molecule has 0 aliphatic carbocycles. The van der Waals surface area contributed by atoms with Gasteiger partial charge in [0.15, 0.2) is 0 Å². The highest BCUT2D eigenvalue weighted by Gasteiger charge is 2.28. The van der Waals surface area contributed by atoms with Crippen molar-refractivity contribution in [3.8, 4) is 5.75 Å². The summed E-state index contributed by atoms with van der Waals surface area (Å²) in [5, 5.41) is 2.77. The lowest BCUT2D eigenvalue weighted by molar-refractivity contribution is -0.121. The van der Waals surface area contributed by atoms with Gasteiger partial charge in [-0.3, -0.25) is 9.10 Å². The molecular weight excluding hydrogens is 395 g/mol. The van der Waals surface area contributed by atoms with Gasteiger partial charge in [-0.15, -0.1) is 0 Å². The van der Waals surface area contributed by atoms with E-state index in [-0.39, 0.29) is 11.7 Å². The fraction of sp³-hybridized carbons (Fsp3) is 0.381. The number of benzene rings is 2. The molecule has 0 spiro atoms. The van der Waals surface area contributed by atoms with Gasteiger partial charge in [0.25, 0.3) is 0 Å². The van der Waals surface area contributed by atoms with Crippen LogP contribution in [0.15, 0.2) is 48.5 Å². The van der Waals surface area contributed by atoms with Gasteiger partial charge in [0.05, 0.1) is 18.6 Å². The predicted octanol–water partition coefficient (Wildman–Crippen LogP) is 3.13. The maximum absolute atomic E-state index is 12.9. The van der Waals surface area contributed by atoms with Crippen LogP contribution < -0.4 is 14.4 Å². The molecular formula is C21H27FN2O4S. The van der Waals surface area contributed by atoms with E-state index in [1.807, 2.05) is 6.92 Å². The van der Waals surface area contributed by atoms with Gasteiger partial charge >= 0.3 is 0 Å². The lowest BCUT2D eigenvalue weighted by Gasteiger charge is -2.28. The van der Waals surface area contributed by atoms with Crippen LogP contribution in [0.25, 0.3) is 0 Å². The number of halogens is 1. The molecule has 29 heavy (non-hydrogen) atoms. The van der Waals surface area contributed by atoms with Gasteiger partial charge in [0.1, 0.15) is 17.6 Å². The van der Waals surface area contributed by atoms with E-state index in [2.05, 4.69) is 5.32 Å². The van der Waals surface area contributed by atoms with Crippen LogP contribution in [0, 0.1) is 5.82 Å². The number of anilines is 1. The van der Waals surface area contributed by atoms with E-state index in [0.717, 1.165) is 16.1 Å². The summed E-state index contributed by atoms with van der Waals surface area (Å²) in [6, 6.07) is 11.9. The van der Waals surface area contributed by atoms with E-state index < -0.39 is 16.1 Å². The average molecular weight is 423 g/mol. The number of hydrogen-bond acceptors (Lipinski definition) is 4. The zero-order valence-corrected chi connectivity index (χ0v) is 17.7. The first-order valence-corrected chi connectivity index (χ1v) is 11.3. The molecule has 2 aromatic carbocycles. The van der Waals surface area contributed by atoms with E-state index >= 15 is 0 Å². The number of aryl methyl sites for hydroxylation is 1. The molecule has 1 N–H and O–H groups in total. The Bertz CT molecular complexity index is 899. The summed E-state index contributed by atoms with van der Waals surface area (Å²) in [5.74, 6) is -0.0444. The van der Waals surface area contributed by atoms with Crippen LogP contribution in [0.2, 0.25) is 0 Å². The second-order valence-corrected chi connectivity index (χ2v) is 8.54. The smallest absolute Gasteiger partial charge is 0.243 e. The van der Waals surface area contributed by atoms with Gasteiger partial charge < -0.3 is 10.1 Å². The quantitative estimate of drug-likeness (QED) is 0.597. The number of nitrogens with zero attached hydrogens (tertiary/aromatic N) is 1. The van der Waals surface area contributed by atoms with Gasteiger partial charge in [-0.05, 0) is 68.7 Å². The van der Waals surface area contributed by atoms with Gasteiger partial charge in [-0.2, -0.15) is 0 Å². The molecule has 1 atom stereocenters. The average Bonchev–Trinajstić information content (AvgIpc) is 2.67. The SMILES string of the molecule is CCOc1ccc(N(C(C)C(=O)NCCCc2ccc(F)cc2)S(C)(=O)=O)cc1. The van der Waals surface area contributed by atoms with E-state index in [4.69, 9.17) is 4.74 Å². The molecule has 8 heteroatoms. The minimum atomic E-state index is -3.67. The molecule has 0 saturated heterocycles. The summed E-state index contributed by atoms with van der Waals surface area (Å²) >= 11 is 0. The molecule has 2 aromatic rings. The van der Waals surface area contributed by atoms with Crippen molar-refractivity contribution in [3.63, 3.8) is 0 Å². The van der Waals surface area contributed by atoms with E-state index in [1.54, 1.807) is 43.3 Å². The molecule has 0 aliphatic heterocycles. The van der Waals surface area contributed by atoms with Crippen LogP contribution in [-0.4, -0.2) is 39.8 Å². The number of rotatable bonds is 10. The standard InChI is InChI=1S/C21H27FN2O4S/c1-4-28-20-13-11-19(12-14-20)24(29(3,26)27)16(2)21(25)23-15-5-6-17-7-9-18(22)10-8-17/h7-14,16H,4-6,15H2,1-3H3,(H,23,25). The van der Waals surface area contributed by atoms with Crippen molar-refractivity contribution in [2.24, 2.45) is 0 Å². The molecule has 0 bridgehead atoms. The molecule has 1 unspecified atom stereocenters. The highest BCUT2D eigenvalue weighted by atomic mass is 32.2. The molecule has 0 saturated carbocycles. The third kappa shape index (κ3) is 6.74. The van der Waals surface area contributed by atoms with Crippen LogP contribution >= 0.6 is 0 Å². The van der Waals surface area contributed by atoms with Crippen molar-refractivity contribution in [2.75, 3.05) is 23.7 Å². The van der Waals surface area contributed by atoms with Crippen molar-refractivity contribution in [2.45, 2.75) is 32.7 Å². The molecule has 158 valence electrons. The Balaban J connectivity index is 1.98. The van der Waals surface area contributed by atoms with Crippen molar-refractivity contribution in [3.05, 3.63) is 59.9 Å². The molecule has 0 heterocycles. The van der Waals surface area contributed by atoms with Crippen molar-refractivity contribution < 1.29 is 22.3 Å². The minimum Gasteiger partial charge on any atom is -0.494 e. The number of sulfonamides is 1. The van der Waals surface area contributed by atoms with Crippen LogP contribution in [0.1, 0.15) is 25.8 Å². The number of hydrogen-bond donors (Lipinski definition) is 1. The first-order chi connectivity index (χ1) is 13.7. The van der Waals surface area contributed by atoms with Crippen molar-refractivity contribution in [1.29, 1.82) is 0 Å². The highest BCUT2D eigenvalue weighted by Crippen LogP contribution is 2.24. The number of nitrogens with one attached hydrogen (secondary N) is 1. The Kier molecular flexibility index (Phi) is 8.01. The molecule has 0 fully saturated rings. The lowest BCUT2D eigenvalue weighted by atomic mass is 10.1. The maximum Gasteiger partial charge on any atom is 0.243 e. The van der Waals surface area contributed by atoms with Gasteiger partial charge in [0, 0.05) is 6.54 Å². The molecule has 0 aliphatic rings. The largest absolute Gasteiger partial charge is 0.494 e. The Morgan fingerprint density at radius 1 is 1.14 bits per heavy atom.